The van der Waals surface area contributed by atoms with Crippen LogP contribution in [0.4, 0.5) is 29.1 Å². The van der Waals surface area contributed by atoms with Crippen LogP contribution < -0.4 is 16.3 Å². The van der Waals surface area contributed by atoms with Gasteiger partial charge in [0.15, 0.2) is 0 Å². The van der Waals surface area contributed by atoms with Crippen molar-refractivity contribution in [2.75, 3.05) is 24.2 Å². The number of benzene rings is 2. The summed E-state index contributed by atoms with van der Waals surface area (Å²) in [6.45, 7) is 3.01. The lowest BCUT2D eigenvalue weighted by molar-refractivity contribution is -0.137. The van der Waals surface area contributed by atoms with Crippen molar-refractivity contribution in [3.63, 3.8) is 0 Å². The van der Waals surface area contributed by atoms with Crippen molar-refractivity contribution in [2.24, 2.45) is 4.99 Å². The third-order valence-electron chi connectivity index (χ3n) is 5.99. The Morgan fingerprint density at radius 1 is 1.17 bits per heavy atom. The van der Waals surface area contributed by atoms with E-state index in [4.69, 9.17) is 0 Å². The van der Waals surface area contributed by atoms with Crippen LogP contribution in [-0.4, -0.2) is 34.0 Å². The minimum Gasteiger partial charge on any atom is -0.369 e. The Kier molecular flexibility index (Phi) is 5.70. The molecule has 0 radical (unpaired) electrons. The van der Waals surface area contributed by atoms with Gasteiger partial charge in [0.05, 0.1) is 11.1 Å². The zero-order chi connectivity index (χ0) is 25.6. The van der Waals surface area contributed by atoms with E-state index in [0.717, 1.165) is 29.1 Å². The number of carbonyl (C=O) groups is 1. The number of nitrogens with one attached hydrogen (secondary N) is 2. The number of nitrogens with zero attached hydrogens (tertiary/aromatic N) is 4. The Balaban J connectivity index is 1.58. The van der Waals surface area contributed by atoms with E-state index < -0.39 is 23.5 Å². The molecule has 184 valence electrons. The van der Waals surface area contributed by atoms with Crippen LogP contribution in [-0.2, 0) is 12.7 Å². The van der Waals surface area contributed by atoms with Gasteiger partial charge in [-0.25, -0.2) is 9.37 Å². The van der Waals surface area contributed by atoms with E-state index in [1.807, 2.05) is 10.6 Å². The number of amides is 1. The largest absolute Gasteiger partial charge is 0.416 e. The molecule has 1 amide bonds. The van der Waals surface area contributed by atoms with E-state index in [0.29, 0.717) is 35.7 Å². The topological polar surface area (TPSA) is 84.2 Å². The second kappa shape index (κ2) is 8.74. The lowest BCUT2D eigenvalue weighted by atomic mass is 9.96. The lowest BCUT2D eigenvalue weighted by Gasteiger charge is -2.19. The standard InChI is InChI=1S/C25H20F4N6O/c1-13-8-20(26)19(23(36)33-16-5-3-4-15(10-16)25(27,28)29)11-17(13)18-9-14-12-32-24(30-2)34-21(14)35-7-6-31-22(18)35/h3-5,8-12,31H,6-7H2,1-2H3,(H,33,36). The predicted molar refractivity (Wildman–Crippen MR) is 126 cm³/mol. The van der Waals surface area contributed by atoms with Crippen LogP contribution in [0.2, 0.25) is 0 Å². The van der Waals surface area contributed by atoms with Gasteiger partial charge in [0.1, 0.15) is 17.5 Å². The molecule has 2 N–H and O–H groups in total. The fraction of sp³-hybridized carbons (Fsp3) is 0.200. The third kappa shape index (κ3) is 4.16. The summed E-state index contributed by atoms with van der Waals surface area (Å²) in [5.41, 5.74) is 1.69. The van der Waals surface area contributed by atoms with Gasteiger partial charge in [-0.2, -0.15) is 18.2 Å². The molecule has 36 heavy (non-hydrogen) atoms. The molecule has 0 atom stereocenters. The molecule has 3 heterocycles. The van der Waals surface area contributed by atoms with Crippen molar-refractivity contribution in [2.45, 2.75) is 19.6 Å². The summed E-state index contributed by atoms with van der Waals surface area (Å²) in [7, 11) is 1.60. The molecule has 5 rings (SSSR count). The van der Waals surface area contributed by atoms with Gasteiger partial charge in [0.25, 0.3) is 5.91 Å². The summed E-state index contributed by atoms with van der Waals surface area (Å²) < 4.78 is 56.0. The Morgan fingerprint density at radius 2 is 1.97 bits per heavy atom. The number of hydrogen-bond donors (Lipinski definition) is 2. The zero-order valence-electron chi connectivity index (χ0n) is 19.2. The van der Waals surface area contributed by atoms with Crippen LogP contribution in [0.3, 0.4) is 0 Å². The number of halogens is 4. The Labute approximate surface area is 202 Å². The van der Waals surface area contributed by atoms with Gasteiger partial charge in [0.2, 0.25) is 5.62 Å². The van der Waals surface area contributed by atoms with Gasteiger partial charge in [0, 0.05) is 43.1 Å². The summed E-state index contributed by atoms with van der Waals surface area (Å²) in [5, 5.41) is 5.69. The fourth-order valence-corrected chi connectivity index (χ4v) is 4.28. The maximum Gasteiger partial charge on any atom is 0.416 e. The Bertz CT molecular complexity index is 1540. The highest BCUT2D eigenvalue weighted by Crippen LogP contribution is 2.39. The van der Waals surface area contributed by atoms with Gasteiger partial charge in [-0.15, -0.1) is 0 Å². The molecule has 0 saturated heterocycles. The second-order valence-corrected chi connectivity index (χ2v) is 8.34. The molecule has 0 unspecified atom stereocenters. The molecule has 0 spiro atoms. The number of pyridine rings is 1. The predicted octanol–water partition coefficient (Wildman–Crippen LogP) is 4.72. The van der Waals surface area contributed by atoms with Gasteiger partial charge in [-0.05, 0) is 54.4 Å². The van der Waals surface area contributed by atoms with E-state index in [9.17, 15) is 22.4 Å². The Morgan fingerprint density at radius 3 is 2.72 bits per heavy atom. The molecular weight excluding hydrogens is 476 g/mol. The van der Waals surface area contributed by atoms with Crippen molar-refractivity contribution in [1.29, 1.82) is 0 Å². The summed E-state index contributed by atoms with van der Waals surface area (Å²) >= 11 is 0. The summed E-state index contributed by atoms with van der Waals surface area (Å²) in [5.74, 6) is -0.196. The van der Waals surface area contributed by atoms with E-state index in [2.05, 4.69) is 25.6 Å². The van der Waals surface area contributed by atoms with Gasteiger partial charge >= 0.3 is 6.18 Å². The molecule has 11 heteroatoms. The second-order valence-electron chi connectivity index (χ2n) is 8.34. The fourth-order valence-electron chi connectivity index (χ4n) is 4.28. The number of alkyl halides is 3. The smallest absolute Gasteiger partial charge is 0.369 e. The number of carbonyl (C=O) groups excluding carboxylic acids is 1. The number of rotatable bonds is 3. The van der Waals surface area contributed by atoms with Crippen molar-refractivity contribution < 1.29 is 22.4 Å². The normalized spacial score (nSPS) is 13.6. The highest BCUT2D eigenvalue weighted by molar-refractivity contribution is 6.05. The van der Waals surface area contributed by atoms with Crippen LogP contribution in [0.25, 0.3) is 22.5 Å². The SMILES string of the molecule is CN=c1ncc2cc(-c3cc(C(=O)Nc4cccc(C(F)(F)F)c4)c(F)cc3C)c3n(c-2n1)CCN3. The molecule has 3 aliphatic rings. The molecule has 0 fully saturated rings. The summed E-state index contributed by atoms with van der Waals surface area (Å²) in [6, 6.07) is 8.69. The first-order valence-electron chi connectivity index (χ1n) is 11.0. The summed E-state index contributed by atoms with van der Waals surface area (Å²) in [4.78, 5) is 25.7. The van der Waals surface area contributed by atoms with Crippen LogP contribution in [0.1, 0.15) is 21.5 Å². The van der Waals surface area contributed by atoms with Crippen molar-refractivity contribution in [3.05, 3.63) is 76.8 Å². The van der Waals surface area contributed by atoms with Crippen molar-refractivity contribution in [3.8, 4) is 22.5 Å². The van der Waals surface area contributed by atoms with Crippen molar-refractivity contribution >= 4 is 17.4 Å². The molecule has 0 aliphatic carbocycles. The van der Waals surface area contributed by atoms with E-state index >= 15 is 0 Å². The summed E-state index contributed by atoms with van der Waals surface area (Å²) in [6.07, 6.45) is -2.92. The average Bonchev–Trinajstić information content (AvgIpc) is 3.33. The van der Waals surface area contributed by atoms with Gasteiger partial charge in [-0.3, -0.25) is 9.79 Å². The molecule has 7 nitrogen and oxygen atoms in total. The highest BCUT2D eigenvalue weighted by atomic mass is 19.4. The average molecular weight is 496 g/mol. The molecule has 2 aromatic carbocycles. The van der Waals surface area contributed by atoms with Gasteiger partial charge < -0.3 is 15.2 Å². The minimum absolute atomic E-state index is 0.0885. The third-order valence-corrected chi connectivity index (χ3v) is 5.99. The maximum absolute atomic E-state index is 14.9. The van der Waals surface area contributed by atoms with E-state index in [1.54, 1.807) is 20.2 Å². The quantitative estimate of drug-likeness (QED) is 0.402. The van der Waals surface area contributed by atoms with Crippen LogP contribution >= 0.6 is 0 Å². The van der Waals surface area contributed by atoms with Crippen molar-refractivity contribution in [1.82, 2.24) is 14.5 Å². The molecule has 2 aromatic rings. The first-order chi connectivity index (χ1) is 17.2. The molecule has 0 bridgehead atoms. The minimum atomic E-state index is -4.57. The molecular formula is C25H20F4N6O. The molecule has 3 aliphatic heterocycles. The number of anilines is 2. The molecule has 0 saturated carbocycles. The Hall–Kier alpha value is -4.28. The van der Waals surface area contributed by atoms with Crippen LogP contribution in [0, 0.1) is 12.7 Å². The number of hydrogen-bond acceptors (Lipinski definition) is 5. The van der Waals surface area contributed by atoms with Gasteiger partial charge in [-0.1, -0.05) is 6.07 Å². The number of aromatic nitrogens is 3. The highest BCUT2D eigenvalue weighted by Gasteiger charge is 2.31. The van der Waals surface area contributed by atoms with Crippen LogP contribution in [0.15, 0.2) is 53.7 Å². The zero-order valence-corrected chi connectivity index (χ0v) is 19.2. The number of fused-ring (bicyclic) bond motifs is 3. The van der Waals surface area contributed by atoms with E-state index in [-0.39, 0.29) is 11.3 Å². The van der Waals surface area contributed by atoms with E-state index in [1.165, 1.54) is 24.3 Å². The monoisotopic (exact) mass is 496 g/mol. The number of aryl methyl sites for hydroxylation is 1. The lowest BCUT2D eigenvalue weighted by Crippen LogP contribution is -2.18. The molecule has 0 aromatic heterocycles. The first kappa shape index (κ1) is 23.5. The first-order valence-corrected chi connectivity index (χ1v) is 11.0. The maximum atomic E-state index is 14.9. The van der Waals surface area contributed by atoms with Crippen LogP contribution in [0.5, 0.6) is 0 Å².